The van der Waals surface area contributed by atoms with Crippen LogP contribution in [0.4, 0.5) is 0 Å². The van der Waals surface area contributed by atoms with Crippen LogP contribution in [0.25, 0.3) is 133 Å². The zero-order valence-corrected chi connectivity index (χ0v) is 50.1. The van der Waals surface area contributed by atoms with Gasteiger partial charge in [-0.1, -0.05) is 265 Å². The number of benzene rings is 12. The van der Waals surface area contributed by atoms with Gasteiger partial charge < -0.3 is 18.8 Å². The van der Waals surface area contributed by atoms with E-state index in [1.807, 2.05) is 97.2 Å². The Morgan fingerprint density at radius 1 is 0.295 bits per heavy atom. The van der Waals surface area contributed by atoms with E-state index in [9.17, 15) is 10.0 Å². The maximum Gasteiger partial charge on any atom is 0.488 e. The fourth-order valence-corrected chi connectivity index (χ4v) is 12.9. The first kappa shape index (κ1) is 55.4. The van der Waals surface area contributed by atoms with Crippen molar-refractivity contribution in [3.05, 3.63) is 319 Å². The van der Waals surface area contributed by atoms with Crippen molar-refractivity contribution in [3.63, 3.8) is 0 Å². The van der Waals surface area contributed by atoms with Crippen LogP contribution in [0.3, 0.4) is 0 Å². The van der Waals surface area contributed by atoms with Crippen LogP contribution in [0.1, 0.15) is 11.4 Å². The van der Waals surface area contributed by atoms with Crippen molar-refractivity contribution in [1.29, 1.82) is 0 Å². The van der Waals surface area contributed by atoms with Crippen molar-refractivity contribution in [1.82, 2.24) is 18.8 Å². The maximum atomic E-state index is 9.80. The molecule has 6 nitrogen and oxygen atoms in total. The molecule has 0 aliphatic rings. The van der Waals surface area contributed by atoms with Crippen LogP contribution in [0.5, 0.6) is 0 Å². The number of rotatable bonds is 8. The summed E-state index contributed by atoms with van der Waals surface area (Å²) in [6.45, 7) is 4.23. The van der Waals surface area contributed by atoms with E-state index in [1.165, 1.54) is 66.0 Å². The Balaban J connectivity index is 0.000000127. The Morgan fingerprint density at radius 2 is 0.614 bits per heavy atom. The minimum Gasteiger partial charge on any atom is -0.423 e. The average Bonchev–Trinajstić information content (AvgIpc) is 1.28. The minimum atomic E-state index is -1.50. The highest BCUT2D eigenvalue weighted by molar-refractivity contribution is 9.10. The van der Waals surface area contributed by atoms with E-state index in [-0.39, 0.29) is 0 Å². The van der Waals surface area contributed by atoms with Crippen LogP contribution < -0.4 is 5.46 Å². The van der Waals surface area contributed by atoms with E-state index in [0.29, 0.717) is 5.46 Å². The number of halogens is 1. The summed E-state index contributed by atoms with van der Waals surface area (Å²) >= 11 is 3.45. The normalized spacial score (nSPS) is 11.2. The number of hydrogen-bond donors (Lipinski definition) is 2. The van der Waals surface area contributed by atoms with Crippen molar-refractivity contribution < 1.29 is 10.0 Å². The van der Waals surface area contributed by atoms with Gasteiger partial charge in [0, 0.05) is 39.4 Å². The smallest absolute Gasteiger partial charge is 0.423 e. The molecule has 16 aromatic rings. The highest BCUT2D eigenvalue weighted by atomic mass is 79.9. The van der Waals surface area contributed by atoms with Gasteiger partial charge in [0.25, 0.3) is 0 Å². The molecular formula is C80H58BBrN4O2. The van der Waals surface area contributed by atoms with Crippen molar-refractivity contribution >= 4 is 82.9 Å². The molecule has 0 fully saturated rings. The third-order valence-corrected chi connectivity index (χ3v) is 17.3. The van der Waals surface area contributed by atoms with Gasteiger partial charge >= 0.3 is 7.12 Å². The average molecular weight is 1200 g/mol. The molecule has 12 aromatic carbocycles. The number of fused-ring (bicyclic) bond motifs is 6. The van der Waals surface area contributed by atoms with E-state index >= 15 is 0 Å². The largest absolute Gasteiger partial charge is 0.488 e. The lowest BCUT2D eigenvalue weighted by Crippen LogP contribution is -2.29. The van der Waals surface area contributed by atoms with Crippen LogP contribution >= 0.6 is 15.9 Å². The Bertz CT molecular complexity index is 5190. The second-order valence-electron chi connectivity index (χ2n) is 22.0. The Labute approximate surface area is 519 Å². The summed E-state index contributed by atoms with van der Waals surface area (Å²) in [5.41, 5.74) is 21.1. The van der Waals surface area contributed by atoms with Gasteiger partial charge in [0.2, 0.25) is 0 Å². The van der Waals surface area contributed by atoms with Gasteiger partial charge in [0.15, 0.2) is 0 Å². The molecule has 8 heteroatoms. The van der Waals surface area contributed by atoms with Gasteiger partial charge in [-0.05, 0) is 160 Å². The second-order valence-corrected chi connectivity index (χ2v) is 22.9. The number of hydrogen-bond acceptors (Lipinski definition) is 4. The Hall–Kier alpha value is -10.5. The molecule has 0 atom stereocenters. The maximum absolute atomic E-state index is 9.80. The summed E-state index contributed by atoms with van der Waals surface area (Å²) in [5.74, 6) is 0. The Morgan fingerprint density at radius 3 is 1.01 bits per heavy atom. The molecule has 0 saturated heterocycles. The van der Waals surface area contributed by atoms with E-state index < -0.39 is 7.12 Å². The van der Waals surface area contributed by atoms with Crippen LogP contribution in [0.2, 0.25) is 0 Å². The van der Waals surface area contributed by atoms with E-state index in [4.69, 9.17) is 4.98 Å². The minimum absolute atomic E-state index is 0.490. The van der Waals surface area contributed by atoms with E-state index in [2.05, 4.69) is 244 Å². The lowest BCUT2D eigenvalue weighted by Gasteiger charge is -2.18. The predicted molar refractivity (Wildman–Crippen MR) is 372 cm³/mol. The van der Waals surface area contributed by atoms with Crippen LogP contribution in [0, 0.1) is 13.8 Å². The second kappa shape index (κ2) is 24.1. The lowest BCUT2D eigenvalue weighted by atomic mass is 9.77. The molecule has 0 saturated carbocycles. The highest BCUT2D eigenvalue weighted by Crippen LogP contribution is 2.46. The third-order valence-electron chi connectivity index (χ3n) is 16.8. The number of imidazole rings is 2. The van der Waals surface area contributed by atoms with E-state index in [0.717, 1.165) is 82.4 Å². The molecular weight excluding hydrogens is 1140 g/mol. The summed E-state index contributed by atoms with van der Waals surface area (Å²) in [7, 11) is -1.50. The molecule has 2 N–H and O–H groups in total. The highest BCUT2D eigenvalue weighted by Gasteiger charge is 2.21. The SMILES string of the molecule is Cc1c(-c2ccc(-c3ccc4c(-c5ccccc5)c5ccccc5c(-c5ccccc5)c4c3)cc2)nc2ccccn12.Cc1c(-c2ccc(Br)cc2)nc2ccccn12.OB(O)c1ccc2c(-c3ccccc3)c3ccccc3c(-c3ccccc3)c2c1. The first-order chi connectivity index (χ1) is 43.3. The van der Waals surface area contributed by atoms with Crippen LogP contribution in [-0.4, -0.2) is 35.9 Å². The summed E-state index contributed by atoms with van der Waals surface area (Å²) in [6.07, 6.45) is 4.11. The lowest BCUT2D eigenvalue weighted by molar-refractivity contribution is 0.426. The molecule has 0 amide bonds. The van der Waals surface area contributed by atoms with Crippen molar-refractivity contribution in [2.24, 2.45) is 0 Å². The summed E-state index contributed by atoms with van der Waals surface area (Å²) in [5, 5.41) is 29.1. The molecule has 420 valence electrons. The van der Waals surface area contributed by atoms with Gasteiger partial charge in [0.1, 0.15) is 11.3 Å². The molecule has 0 radical (unpaired) electrons. The number of nitrogens with zero attached hydrogens (tertiary/aromatic N) is 4. The molecule has 16 rings (SSSR count). The molecule has 88 heavy (non-hydrogen) atoms. The first-order valence-electron chi connectivity index (χ1n) is 29.5. The zero-order chi connectivity index (χ0) is 59.7. The van der Waals surface area contributed by atoms with Gasteiger partial charge in [-0.2, -0.15) is 0 Å². The standard InChI is InChI=1S/C40H28N2.C26H19BO2.C14H11BrN2/c1-27-40(41-37-18-10-11-25-42(27)37)31-21-19-28(20-22-31)32-23-24-35-36(26-32)39(30-14-6-3-7-15-30)34-17-9-8-16-33(34)38(35)29-12-4-2-5-13-29;28-27(29)20-15-16-23-24(17-20)26(19-11-5-2-6-12-19)22-14-8-7-13-21(22)25(23)18-9-3-1-4-10-18;1-10-14(11-5-7-12(15)8-6-11)16-13-4-2-3-9-17(10)13/h2-26H,1H3;1-17,28-29H;2-9H,1H3. The molecule has 0 unspecified atom stereocenters. The fraction of sp³-hybridized carbons (Fsp3) is 0.0250. The number of aromatic nitrogens is 4. The molecule has 4 aromatic heterocycles. The van der Waals surface area contributed by atoms with Crippen molar-refractivity contribution in [2.75, 3.05) is 0 Å². The van der Waals surface area contributed by atoms with Gasteiger partial charge in [-0.3, -0.25) is 0 Å². The van der Waals surface area contributed by atoms with Crippen LogP contribution in [0.15, 0.2) is 308 Å². The zero-order valence-electron chi connectivity index (χ0n) is 48.5. The molecule has 0 aliphatic heterocycles. The molecule has 4 heterocycles. The molecule has 0 bridgehead atoms. The summed E-state index contributed by atoms with van der Waals surface area (Å²) in [4.78, 5) is 9.56. The number of aryl methyl sites for hydroxylation is 2. The topological polar surface area (TPSA) is 75.1 Å². The van der Waals surface area contributed by atoms with Gasteiger partial charge in [-0.25, -0.2) is 9.97 Å². The predicted octanol–water partition coefficient (Wildman–Crippen LogP) is 19.7. The van der Waals surface area contributed by atoms with Crippen molar-refractivity contribution in [3.8, 4) is 78.1 Å². The van der Waals surface area contributed by atoms with Gasteiger partial charge in [0.05, 0.1) is 11.4 Å². The summed E-state index contributed by atoms with van der Waals surface area (Å²) in [6, 6.07) is 101. The fourth-order valence-electron chi connectivity index (χ4n) is 12.6. The number of pyridine rings is 2. The Kier molecular flexibility index (Phi) is 15.2. The van der Waals surface area contributed by atoms with Crippen LogP contribution in [-0.2, 0) is 0 Å². The monoisotopic (exact) mass is 1200 g/mol. The van der Waals surface area contributed by atoms with Crippen molar-refractivity contribution in [2.45, 2.75) is 13.8 Å². The van der Waals surface area contributed by atoms with E-state index in [1.54, 1.807) is 6.07 Å². The molecule has 0 aliphatic carbocycles. The first-order valence-corrected chi connectivity index (χ1v) is 30.3. The third kappa shape index (κ3) is 10.5. The van der Waals surface area contributed by atoms with Gasteiger partial charge in [-0.15, -0.1) is 0 Å². The molecule has 0 spiro atoms. The summed E-state index contributed by atoms with van der Waals surface area (Å²) < 4.78 is 5.34. The quantitative estimate of drug-likeness (QED) is 0.117.